The molecule has 1 saturated heterocycles. The molecule has 1 aliphatic rings. The van der Waals surface area contributed by atoms with Gasteiger partial charge in [0.1, 0.15) is 18.3 Å². The first-order valence-electron chi connectivity index (χ1n) is 9.76. The van der Waals surface area contributed by atoms with Crippen molar-refractivity contribution in [2.24, 2.45) is 7.05 Å². The van der Waals surface area contributed by atoms with Gasteiger partial charge in [-0.05, 0) is 26.7 Å². The molecule has 0 bridgehead atoms. The maximum atomic E-state index is 12.6. The highest BCUT2D eigenvalue weighted by molar-refractivity contribution is 7.54. The van der Waals surface area contributed by atoms with E-state index in [0.717, 1.165) is 10.8 Å². The fourth-order valence-electron chi connectivity index (χ4n) is 3.23. The Balaban J connectivity index is 2.28. The summed E-state index contributed by atoms with van der Waals surface area (Å²) in [6, 6.07) is 0. The molecule has 2 heterocycles. The Hall–Kier alpha value is -1.33. The summed E-state index contributed by atoms with van der Waals surface area (Å²) in [5.41, 5.74) is -2.63. The van der Waals surface area contributed by atoms with Crippen LogP contribution in [0.1, 0.15) is 58.6 Å². The number of H-pyrrole nitrogens is 1. The van der Waals surface area contributed by atoms with Crippen LogP contribution in [-0.4, -0.2) is 59.0 Å². The van der Waals surface area contributed by atoms with Crippen LogP contribution in [0.5, 0.6) is 0 Å². The zero-order valence-electron chi connectivity index (χ0n) is 17.7. The molecule has 3 unspecified atom stereocenters. The Morgan fingerprint density at radius 3 is 2.37 bits per heavy atom. The molecule has 172 valence electrons. The molecule has 0 saturated carbocycles. The summed E-state index contributed by atoms with van der Waals surface area (Å²) in [4.78, 5) is 36.5. The largest absolute Gasteiger partial charge is 0.388 e. The van der Waals surface area contributed by atoms with E-state index in [1.807, 2.05) is 0 Å². The highest BCUT2D eigenvalue weighted by Gasteiger charge is 2.50. The second-order valence-corrected chi connectivity index (χ2v) is 10.4. The second kappa shape index (κ2) is 8.66. The monoisotopic (exact) mass is 450 g/mol. The van der Waals surface area contributed by atoms with Gasteiger partial charge < -0.3 is 34.5 Å². The van der Waals surface area contributed by atoms with Crippen LogP contribution in [0, 0.1) is 0 Å². The Labute approximate surface area is 173 Å². The van der Waals surface area contributed by atoms with Gasteiger partial charge in [-0.3, -0.25) is 13.9 Å². The van der Waals surface area contributed by atoms with Crippen molar-refractivity contribution in [2.75, 3.05) is 0 Å². The van der Waals surface area contributed by atoms with E-state index in [-0.39, 0.29) is 24.8 Å². The maximum Gasteiger partial charge on any atom is 0.359 e. The number of nitrogens with zero attached hydrogens (tertiary/aromatic N) is 1. The standard InChI is InChI=1S/C18H31N2O9P/c1-6-17(3,29-30(26,27)18(4,25)7-2)8-11-12(21)13(22)14(28-11)10-9-19-16(24)20(5)15(10)23/h9,11-14,21-22,25H,6-8H2,1-5H3,(H,19,24)(H,26,27)/t11-,12-,13-,14+,17?,18?/m1/s1. The van der Waals surface area contributed by atoms with Crippen molar-refractivity contribution in [1.82, 2.24) is 9.55 Å². The van der Waals surface area contributed by atoms with Gasteiger partial charge in [0, 0.05) is 19.7 Å². The Morgan fingerprint density at radius 1 is 1.23 bits per heavy atom. The van der Waals surface area contributed by atoms with Crippen LogP contribution in [0.25, 0.3) is 0 Å². The van der Waals surface area contributed by atoms with E-state index in [2.05, 4.69) is 4.98 Å². The second-order valence-electron chi connectivity index (χ2n) is 8.18. The summed E-state index contributed by atoms with van der Waals surface area (Å²) < 4.78 is 24.6. The van der Waals surface area contributed by atoms with Crippen molar-refractivity contribution in [3.05, 3.63) is 32.6 Å². The van der Waals surface area contributed by atoms with Crippen molar-refractivity contribution in [3.8, 4) is 0 Å². The minimum Gasteiger partial charge on any atom is -0.388 e. The predicted octanol–water partition coefficient (Wildman–Crippen LogP) is 0.115. The highest BCUT2D eigenvalue weighted by Crippen LogP contribution is 2.59. The van der Waals surface area contributed by atoms with Crippen molar-refractivity contribution in [1.29, 1.82) is 0 Å². The molecule has 30 heavy (non-hydrogen) atoms. The van der Waals surface area contributed by atoms with E-state index >= 15 is 0 Å². The van der Waals surface area contributed by atoms with Crippen LogP contribution in [0.2, 0.25) is 0 Å². The molecule has 0 amide bonds. The normalized spacial score (nSPS) is 30.4. The van der Waals surface area contributed by atoms with Crippen LogP contribution in [0.3, 0.4) is 0 Å². The van der Waals surface area contributed by atoms with Gasteiger partial charge in [-0.15, -0.1) is 0 Å². The van der Waals surface area contributed by atoms with Crippen molar-refractivity contribution >= 4 is 7.60 Å². The molecular weight excluding hydrogens is 419 g/mol. The number of aromatic nitrogens is 2. The average Bonchev–Trinajstić information content (AvgIpc) is 2.93. The molecule has 2 rings (SSSR count). The lowest BCUT2D eigenvalue weighted by Crippen LogP contribution is -2.40. The minimum atomic E-state index is -4.46. The molecule has 1 aromatic heterocycles. The number of ether oxygens (including phenoxy) is 1. The molecule has 12 heteroatoms. The summed E-state index contributed by atoms with van der Waals surface area (Å²) >= 11 is 0. The highest BCUT2D eigenvalue weighted by atomic mass is 31.2. The lowest BCUT2D eigenvalue weighted by atomic mass is 9.92. The third-order valence-electron chi connectivity index (χ3n) is 5.88. The van der Waals surface area contributed by atoms with Gasteiger partial charge >= 0.3 is 13.3 Å². The third-order valence-corrected chi connectivity index (χ3v) is 8.10. The maximum absolute atomic E-state index is 12.6. The van der Waals surface area contributed by atoms with Gasteiger partial charge in [0.15, 0.2) is 5.34 Å². The van der Waals surface area contributed by atoms with Gasteiger partial charge in [0.05, 0.1) is 17.3 Å². The Kier molecular flexibility index (Phi) is 7.20. The summed E-state index contributed by atoms with van der Waals surface area (Å²) in [6.45, 7) is 5.99. The average molecular weight is 450 g/mol. The molecule has 0 aliphatic carbocycles. The molecule has 0 radical (unpaired) electrons. The summed E-state index contributed by atoms with van der Waals surface area (Å²) in [6.07, 6.45) is -3.85. The zero-order chi connectivity index (χ0) is 23.1. The van der Waals surface area contributed by atoms with E-state index in [0.29, 0.717) is 0 Å². The zero-order valence-corrected chi connectivity index (χ0v) is 18.6. The molecule has 1 fully saturated rings. The number of hydrogen-bond acceptors (Lipinski definition) is 8. The molecule has 0 aromatic carbocycles. The summed E-state index contributed by atoms with van der Waals surface area (Å²) in [5, 5.41) is 29.2. The number of aliphatic hydroxyl groups is 3. The Morgan fingerprint density at radius 2 is 1.83 bits per heavy atom. The van der Waals surface area contributed by atoms with Crippen molar-refractivity contribution in [2.45, 2.75) is 82.3 Å². The minimum absolute atomic E-state index is 0.0145. The van der Waals surface area contributed by atoms with Gasteiger partial charge in [0.2, 0.25) is 0 Å². The van der Waals surface area contributed by atoms with E-state index in [1.54, 1.807) is 13.8 Å². The van der Waals surface area contributed by atoms with Gasteiger partial charge in [0.25, 0.3) is 5.56 Å². The number of aliphatic hydroxyl groups excluding tert-OH is 2. The first kappa shape index (κ1) is 24.9. The van der Waals surface area contributed by atoms with Gasteiger partial charge in [-0.2, -0.15) is 0 Å². The molecule has 7 atom stereocenters. The van der Waals surface area contributed by atoms with E-state index in [9.17, 15) is 34.4 Å². The molecule has 1 aromatic rings. The predicted molar refractivity (Wildman–Crippen MR) is 107 cm³/mol. The Bertz CT molecular complexity index is 927. The molecule has 5 N–H and O–H groups in total. The SMILES string of the molecule is CCC(C)(C[C@H]1O[C@@H](c2c[nH]c(=O)n(C)c2=O)[C@H](O)[C@@H]1O)OP(=O)(O)C(C)(O)CC. The van der Waals surface area contributed by atoms with Gasteiger partial charge in [-0.1, -0.05) is 13.8 Å². The number of hydrogen-bond donors (Lipinski definition) is 5. The number of rotatable bonds is 8. The van der Waals surface area contributed by atoms with E-state index < -0.39 is 54.2 Å². The molecule has 11 nitrogen and oxygen atoms in total. The smallest absolute Gasteiger partial charge is 0.359 e. The lowest BCUT2D eigenvalue weighted by molar-refractivity contribution is -0.0533. The first-order valence-corrected chi connectivity index (χ1v) is 11.3. The van der Waals surface area contributed by atoms with E-state index in [1.165, 1.54) is 20.9 Å². The first-order chi connectivity index (χ1) is 13.7. The van der Waals surface area contributed by atoms with Crippen LogP contribution in [-0.2, 0) is 20.9 Å². The summed E-state index contributed by atoms with van der Waals surface area (Å²) in [5.74, 6) is 0. The fraction of sp³-hybridized carbons (Fsp3) is 0.778. The lowest BCUT2D eigenvalue weighted by Gasteiger charge is -2.37. The van der Waals surface area contributed by atoms with Crippen molar-refractivity contribution in [3.63, 3.8) is 0 Å². The van der Waals surface area contributed by atoms with E-state index in [4.69, 9.17) is 9.26 Å². The van der Waals surface area contributed by atoms with Crippen LogP contribution in [0.15, 0.2) is 15.8 Å². The topological polar surface area (TPSA) is 171 Å². The summed E-state index contributed by atoms with van der Waals surface area (Å²) in [7, 11) is -3.19. The molecular formula is C18H31N2O9P. The van der Waals surface area contributed by atoms with Crippen LogP contribution in [0.4, 0.5) is 0 Å². The molecule has 0 spiro atoms. The third kappa shape index (κ3) is 4.62. The molecule has 1 aliphatic heterocycles. The fourth-order valence-corrected chi connectivity index (χ4v) is 4.63. The van der Waals surface area contributed by atoms with Crippen LogP contribution >= 0.6 is 7.60 Å². The quantitative estimate of drug-likeness (QED) is 0.345. The number of nitrogens with one attached hydrogen (secondary N) is 1. The van der Waals surface area contributed by atoms with Gasteiger partial charge in [-0.25, -0.2) is 4.79 Å². The van der Waals surface area contributed by atoms with Crippen molar-refractivity contribution < 1.29 is 34.0 Å². The number of aromatic amines is 1. The van der Waals surface area contributed by atoms with Crippen LogP contribution < -0.4 is 11.2 Å².